The molecule has 1 fully saturated rings. The van der Waals surface area contributed by atoms with Crippen molar-refractivity contribution in [2.45, 2.75) is 62.4 Å². The van der Waals surface area contributed by atoms with Crippen LogP contribution in [0.5, 0.6) is 17.2 Å². The van der Waals surface area contributed by atoms with Crippen molar-refractivity contribution in [1.29, 1.82) is 0 Å². The molecule has 0 amide bonds. The van der Waals surface area contributed by atoms with Gasteiger partial charge in [-0.05, 0) is 60.6 Å². The summed E-state index contributed by atoms with van der Waals surface area (Å²) in [5, 5.41) is 62.0. The molecular weight excluding hydrogens is 698 g/mol. The number of carbonyl (C=O) groups excluding carboxylic acids is 2. The summed E-state index contributed by atoms with van der Waals surface area (Å²) < 4.78 is 17.3. The van der Waals surface area contributed by atoms with Gasteiger partial charge in [0.15, 0.2) is 11.7 Å². The Kier molecular flexibility index (Phi) is 11.3. The highest BCUT2D eigenvalue weighted by Crippen LogP contribution is 2.43. The summed E-state index contributed by atoms with van der Waals surface area (Å²) in [5.74, 6) is -1.38. The number of nitrogens with two attached hydrogens (primary N) is 2. The molecule has 286 valence electrons. The number of benzene rings is 3. The van der Waals surface area contributed by atoms with Crippen LogP contribution in [0.2, 0.25) is 0 Å². The van der Waals surface area contributed by atoms with Crippen LogP contribution in [0.25, 0.3) is 0 Å². The summed E-state index contributed by atoms with van der Waals surface area (Å²) in [6.45, 7) is -0.290. The minimum absolute atomic E-state index is 0.00396. The van der Waals surface area contributed by atoms with E-state index < -0.39 is 54.1 Å². The quantitative estimate of drug-likeness (QED) is 0.0714. The highest BCUT2D eigenvalue weighted by atomic mass is 16.7. The van der Waals surface area contributed by atoms with E-state index in [0.717, 1.165) is 11.1 Å². The number of carbonyl (C=O) groups is 2. The fraction of sp³-hybridized carbons (Fsp3) is 0.359. The number of phenols is 1. The van der Waals surface area contributed by atoms with Crippen molar-refractivity contribution in [1.82, 2.24) is 10.6 Å². The van der Waals surface area contributed by atoms with Crippen molar-refractivity contribution in [3.05, 3.63) is 111 Å². The lowest BCUT2D eigenvalue weighted by Gasteiger charge is -2.48. The molecule has 5 atom stereocenters. The molecule has 54 heavy (non-hydrogen) atoms. The molecule has 15 heteroatoms. The standard InChI is InChI=1S/C39H45N5O10/c1-42-38(41)44-18-26-22(9-8-20-6-4-3-5-7-20)15-24-31(33(26)47)34(48)30-25(32(24)46)16-23(52-2)17-27(30)53-37-35(49)36(50)39(51,28(19-45)54-37)12-10-21-11-13-43-29(40)14-21/h3-7,11,14-17,28,35-37,43,45,47,49-51H,8-10,12-13,18-19,40H2,1-2H3,(H3,41,42,44). The number of allylic oxidation sites excluding steroid dienone is 2. The van der Waals surface area contributed by atoms with Crippen molar-refractivity contribution >= 4 is 17.5 Å². The molecule has 2 aliphatic heterocycles. The molecule has 1 aliphatic carbocycles. The minimum Gasteiger partial charge on any atom is -0.507 e. The van der Waals surface area contributed by atoms with Gasteiger partial charge in [0.2, 0.25) is 12.1 Å². The van der Waals surface area contributed by atoms with Crippen molar-refractivity contribution in [2.75, 3.05) is 27.3 Å². The number of guanidine groups is 1. The molecule has 1 saturated heterocycles. The van der Waals surface area contributed by atoms with Crippen LogP contribution in [-0.4, -0.2) is 101 Å². The van der Waals surface area contributed by atoms with Crippen LogP contribution < -0.4 is 31.6 Å². The third-order valence-corrected chi connectivity index (χ3v) is 10.2. The summed E-state index contributed by atoms with van der Waals surface area (Å²) in [6, 6.07) is 13.9. The molecule has 3 aromatic carbocycles. The van der Waals surface area contributed by atoms with Crippen molar-refractivity contribution in [3.8, 4) is 17.2 Å². The number of ether oxygens (including phenoxy) is 3. The number of aliphatic hydroxyl groups excluding tert-OH is 3. The first-order valence-corrected chi connectivity index (χ1v) is 17.5. The van der Waals surface area contributed by atoms with Crippen molar-refractivity contribution < 1.29 is 49.3 Å². The first kappa shape index (κ1) is 38.3. The number of aromatic hydroxyl groups is 1. The highest BCUT2D eigenvalue weighted by molar-refractivity contribution is 6.30. The monoisotopic (exact) mass is 743 g/mol. The van der Waals surface area contributed by atoms with Crippen LogP contribution in [0.15, 0.2) is 77.1 Å². The Bertz CT molecular complexity index is 2010. The lowest BCUT2D eigenvalue weighted by molar-refractivity contribution is -0.314. The molecule has 11 N–H and O–H groups in total. The second-order valence-electron chi connectivity index (χ2n) is 13.4. The molecule has 0 spiro atoms. The number of nitrogens with one attached hydrogen (secondary N) is 2. The van der Waals surface area contributed by atoms with E-state index >= 15 is 0 Å². The number of ketones is 2. The number of methoxy groups -OCH3 is 1. The fourth-order valence-corrected chi connectivity index (χ4v) is 7.12. The molecule has 15 nitrogen and oxygen atoms in total. The number of dihydropyridines is 1. The first-order chi connectivity index (χ1) is 25.9. The smallest absolute Gasteiger partial charge is 0.229 e. The van der Waals surface area contributed by atoms with Gasteiger partial charge in [-0.15, -0.1) is 0 Å². The van der Waals surface area contributed by atoms with E-state index in [2.05, 4.69) is 15.6 Å². The lowest BCUT2D eigenvalue weighted by atomic mass is 9.79. The van der Waals surface area contributed by atoms with Gasteiger partial charge in [0.05, 0.1) is 30.7 Å². The molecule has 0 bridgehead atoms. The van der Waals surface area contributed by atoms with Gasteiger partial charge < -0.3 is 61.8 Å². The Morgan fingerprint density at radius 2 is 1.81 bits per heavy atom. The maximum Gasteiger partial charge on any atom is 0.229 e. The van der Waals surface area contributed by atoms with E-state index in [1.54, 1.807) is 12.1 Å². The second kappa shape index (κ2) is 15.9. The Morgan fingerprint density at radius 3 is 2.50 bits per heavy atom. The summed E-state index contributed by atoms with van der Waals surface area (Å²) in [6.07, 6.45) is -2.26. The molecular formula is C39H45N5O10. The fourth-order valence-electron chi connectivity index (χ4n) is 7.12. The number of aryl methyl sites for hydroxylation is 2. The van der Waals surface area contributed by atoms with Gasteiger partial charge in [0, 0.05) is 42.9 Å². The van der Waals surface area contributed by atoms with Gasteiger partial charge in [-0.1, -0.05) is 36.4 Å². The molecule has 6 rings (SSSR count). The number of phenolic OH excluding ortho intramolecular Hbond substituents is 1. The van der Waals surface area contributed by atoms with Gasteiger partial charge in [0.1, 0.15) is 41.2 Å². The van der Waals surface area contributed by atoms with Crippen molar-refractivity contribution in [3.63, 3.8) is 0 Å². The number of nitrogens with zero attached hydrogens (tertiary/aromatic N) is 1. The maximum absolute atomic E-state index is 14.4. The zero-order valence-electron chi connectivity index (χ0n) is 29.9. The lowest BCUT2D eigenvalue weighted by Crippen LogP contribution is -2.67. The van der Waals surface area contributed by atoms with Crippen molar-refractivity contribution in [2.24, 2.45) is 16.5 Å². The van der Waals surface area contributed by atoms with Gasteiger partial charge in [-0.3, -0.25) is 14.6 Å². The molecule has 3 aromatic rings. The predicted molar refractivity (Wildman–Crippen MR) is 197 cm³/mol. The van der Waals surface area contributed by atoms with E-state index in [-0.39, 0.29) is 59.1 Å². The molecule has 5 unspecified atom stereocenters. The summed E-state index contributed by atoms with van der Waals surface area (Å²) >= 11 is 0. The number of rotatable bonds is 12. The first-order valence-electron chi connectivity index (χ1n) is 17.5. The minimum atomic E-state index is -2.11. The average Bonchev–Trinajstić information content (AvgIpc) is 3.18. The number of hydrogen-bond acceptors (Lipinski definition) is 13. The second-order valence-corrected chi connectivity index (χ2v) is 13.4. The van der Waals surface area contributed by atoms with Crippen LogP contribution in [0.4, 0.5) is 0 Å². The molecule has 0 saturated carbocycles. The van der Waals surface area contributed by atoms with E-state index in [9.17, 15) is 35.1 Å². The van der Waals surface area contributed by atoms with Crippen LogP contribution in [0, 0.1) is 0 Å². The van der Waals surface area contributed by atoms with Gasteiger partial charge in [-0.2, -0.15) is 0 Å². The van der Waals surface area contributed by atoms with E-state index in [4.69, 9.17) is 25.7 Å². The molecule has 2 heterocycles. The molecule has 0 aromatic heterocycles. The van der Waals surface area contributed by atoms with E-state index in [1.807, 2.05) is 36.4 Å². The normalized spacial score (nSPS) is 23.8. The number of hydrogen-bond donors (Lipinski definition) is 9. The van der Waals surface area contributed by atoms with Gasteiger partial charge >= 0.3 is 0 Å². The zero-order valence-corrected chi connectivity index (χ0v) is 29.9. The van der Waals surface area contributed by atoms with Crippen LogP contribution >= 0.6 is 0 Å². The Morgan fingerprint density at radius 1 is 1.07 bits per heavy atom. The highest BCUT2D eigenvalue weighted by Gasteiger charge is 2.55. The zero-order chi connectivity index (χ0) is 38.7. The average molecular weight is 744 g/mol. The molecule has 0 radical (unpaired) electrons. The van der Waals surface area contributed by atoms with Crippen LogP contribution in [0.3, 0.4) is 0 Å². The number of fused-ring (bicyclic) bond motifs is 2. The topological polar surface area (TPSA) is 251 Å². The molecule has 3 aliphatic rings. The van der Waals surface area contributed by atoms with E-state index in [0.29, 0.717) is 36.3 Å². The third-order valence-electron chi connectivity index (χ3n) is 10.2. The predicted octanol–water partition coefficient (Wildman–Crippen LogP) is 0.654. The third kappa shape index (κ3) is 7.36. The summed E-state index contributed by atoms with van der Waals surface area (Å²) in [7, 11) is 2.85. The van der Waals surface area contributed by atoms with E-state index in [1.165, 1.54) is 26.3 Å². The Labute approximate surface area is 311 Å². The van der Waals surface area contributed by atoms with Gasteiger partial charge in [-0.25, -0.2) is 0 Å². The van der Waals surface area contributed by atoms with Crippen LogP contribution in [0.1, 0.15) is 61.4 Å². The number of aliphatic hydroxyl groups is 4. The number of aliphatic imine (C=N–C) groups is 1. The van der Waals surface area contributed by atoms with Crippen LogP contribution in [-0.2, 0) is 24.1 Å². The SMILES string of the molecule is CN=C(N)NCc1c(CCc2ccccc2)cc2c(c1O)C(=O)c1c(OC3OC(CO)C(O)(CCC4=CCNC(N)=C4)C(O)C3O)cc(OC)cc1C2=O. The Balaban J connectivity index is 1.34. The summed E-state index contributed by atoms with van der Waals surface area (Å²) in [4.78, 5) is 32.6. The Hall–Kier alpha value is -5.45. The maximum atomic E-state index is 14.4. The van der Waals surface area contributed by atoms with Gasteiger partial charge in [0.25, 0.3) is 0 Å². The summed E-state index contributed by atoms with van der Waals surface area (Å²) in [5.41, 5.74) is 11.8. The largest absolute Gasteiger partial charge is 0.507 e.